The number of benzene rings is 1. The van der Waals surface area contributed by atoms with Crippen LogP contribution in [0.1, 0.15) is 51.5 Å². The molecule has 1 aliphatic carbocycles. The van der Waals surface area contributed by atoms with Crippen molar-refractivity contribution in [2.45, 2.75) is 58.4 Å². The monoisotopic (exact) mass is 259 g/mol. The lowest BCUT2D eigenvalue weighted by atomic mass is 9.72. The molecule has 3 atom stereocenters. The Morgan fingerprint density at radius 2 is 1.89 bits per heavy atom. The van der Waals surface area contributed by atoms with Crippen molar-refractivity contribution in [3.63, 3.8) is 0 Å². The Kier molecular flexibility index (Phi) is 5.45. The molecule has 0 aliphatic heterocycles. The maximum absolute atomic E-state index is 6.32. The van der Waals surface area contributed by atoms with Gasteiger partial charge in [-0.05, 0) is 61.8 Å². The highest BCUT2D eigenvalue weighted by Gasteiger charge is 2.29. The number of nitrogens with two attached hydrogens (primary N) is 1. The number of hydrogen-bond donors (Lipinski definition) is 1. The van der Waals surface area contributed by atoms with Gasteiger partial charge in [0.05, 0.1) is 0 Å². The average Bonchev–Trinajstić information content (AvgIpc) is 2.42. The van der Waals surface area contributed by atoms with Gasteiger partial charge >= 0.3 is 0 Å². The first kappa shape index (κ1) is 14.6. The summed E-state index contributed by atoms with van der Waals surface area (Å²) in [7, 11) is 0. The van der Waals surface area contributed by atoms with Crippen LogP contribution in [0.3, 0.4) is 0 Å². The molecule has 106 valence electrons. The number of rotatable bonds is 5. The van der Waals surface area contributed by atoms with Gasteiger partial charge in [-0.25, -0.2) is 0 Å². The van der Waals surface area contributed by atoms with Gasteiger partial charge in [-0.15, -0.1) is 0 Å². The van der Waals surface area contributed by atoms with Crippen molar-refractivity contribution in [1.82, 2.24) is 0 Å². The van der Waals surface area contributed by atoms with E-state index in [0.29, 0.717) is 6.04 Å². The van der Waals surface area contributed by atoms with Gasteiger partial charge in [-0.3, -0.25) is 0 Å². The van der Waals surface area contributed by atoms with Crippen LogP contribution >= 0.6 is 0 Å². The molecular weight excluding hydrogens is 230 g/mol. The summed E-state index contributed by atoms with van der Waals surface area (Å²) in [6.45, 7) is 4.73. The molecule has 0 aromatic heterocycles. The maximum atomic E-state index is 6.32. The number of aryl methyl sites for hydroxylation is 1. The maximum Gasteiger partial charge on any atom is 0.00673 e. The zero-order valence-electron chi connectivity index (χ0n) is 12.5. The summed E-state index contributed by atoms with van der Waals surface area (Å²) in [4.78, 5) is 0. The van der Waals surface area contributed by atoms with Gasteiger partial charge in [-0.1, -0.05) is 44.2 Å². The van der Waals surface area contributed by atoms with Crippen molar-refractivity contribution in [3.05, 3.63) is 35.9 Å². The van der Waals surface area contributed by atoms with Crippen LogP contribution in [0.2, 0.25) is 0 Å². The highest BCUT2D eigenvalue weighted by molar-refractivity contribution is 5.14. The van der Waals surface area contributed by atoms with Crippen LogP contribution in [0.15, 0.2) is 30.3 Å². The van der Waals surface area contributed by atoms with Crippen molar-refractivity contribution in [1.29, 1.82) is 0 Å². The minimum atomic E-state index is 0.450. The first-order chi connectivity index (χ1) is 9.16. The summed E-state index contributed by atoms with van der Waals surface area (Å²) >= 11 is 0. The van der Waals surface area contributed by atoms with Crippen molar-refractivity contribution in [2.75, 3.05) is 0 Å². The summed E-state index contributed by atoms with van der Waals surface area (Å²) in [5.74, 6) is 2.48. The molecule has 1 nitrogen and oxygen atoms in total. The second-order valence-corrected chi connectivity index (χ2v) is 6.62. The van der Waals surface area contributed by atoms with Gasteiger partial charge in [0.1, 0.15) is 0 Å². The van der Waals surface area contributed by atoms with Crippen LogP contribution in [0.4, 0.5) is 0 Å². The summed E-state index contributed by atoms with van der Waals surface area (Å²) in [5.41, 5.74) is 7.79. The largest absolute Gasteiger partial charge is 0.327 e. The van der Waals surface area contributed by atoms with Gasteiger partial charge < -0.3 is 5.73 Å². The van der Waals surface area contributed by atoms with E-state index >= 15 is 0 Å². The Bertz CT molecular complexity index is 357. The van der Waals surface area contributed by atoms with Crippen LogP contribution in [0, 0.1) is 17.8 Å². The molecule has 1 aromatic rings. The molecule has 0 bridgehead atoms. The Hall–Kier alpha value is -0.820. The van der Waals surface area contributed by atoms with E-state index in [2.05, 4.69) is 44.2 Å². The first-order valence-electron chi connectivity index (χ1n) is 7.96. The van der Waals surface area contributed by atoms with E-state index in [0.717, 1.165) is 17.8 Å². The van der Waals surface area contributed by atoms with E-state index in [9.17, 15) is 0 Å². The molecule has 1 aliphatic rings. The fourth-order valence-corrected chi connectivity index (χ4v) is 3.47. The predicted octanol–water partition coefficient (Wildman–Crippen LogP) is 4.41. The Balaban J connectivity index is 1.77. The van der Waals surface area contributed by atoms with E-state index in [-0.39, 0.29) is 0 Å². The average molecular weight is 259 g/mol. The van der Waals surface area contributed by atoms with Crippen LogP contribution < -0.4 is 5.73 Å². The standard InChI is InChI=1S/C18H29N/c1-14(2)16-11-12-18(19)17(13-16)10-6-9-15-7-4-3-5-8-15/h3-5,7-8,14,16-18H,6,9-13,19H2,1-2H3. The Labute approximate surface area is 118 Å². The van der Waals surface area contributed by atoms with Gasteiger partial charge in [0, 0.05) is 6.04 Å². The van der Waals surface area contributed by atoms with Crippen LogP contribution in [-0.4, -0.2) is 6.04 Å². The Morgan fingerprint density at radius 3 is 2.58 bits per heavy atom. The molecule has 2 rings (SSSR count). The van der Waals surface area contributed by atoms with E-state index in [1.807, 2.05) is 0 Å². The zero-order valence-corrected chi connectivity index (χ0v) is 12.5. The highest BCUT2D eigenvalue weighted by atomic mass is 14.7. The summed E-state index contributed by atoms with van der Waals surface area (Å²) in [5, 5.41) is 0. The lowest BCUT2D eigenvalue weighted by molar-refractivity contribution is 0.180. The van der Waals surface area contributed by atoms with Gasteiger partial charge in [0.2, 0.25) is 0 Å². The van der Waals surface area contributed by atoms with E-state index < -0.39 is 0 Å². The lowest BCUT2D eigenvalue weighted by Gasteiger charge is -2.36. The lowest BCUT2D eigenvalue weighted by Crippen LogP contribution is -2.37. The summed E-state index contributed by atoms with van der Waals surface area (Å²) in [6.07, 6.45) is 7.73. The smallest absolute Gasteiger partial charge is 0.00673 e. The van der Waals surface area contributed by atoms with Gasteiger partial charge in [0.15, 0.2) is 0 Å². The topological polar surface area (TPSA) is 26.0 Å². The zero-order chi connectivity index (χ0) is 13.7. The molecule has 0 amide bonds. The Morgan fingerprint density at radius 1 is 1.16 bits per heavy atom. The third kappa shape index (κ3) is 4.35. The van der Waals surface area contributed by atoms with Crippen LogP contribution in [0.25, 0.3) is 0 Å². The second kappa shape index (κ2) is 7.09. The van der Waals surface area contributed by atoms with E-state index in [1.54, 1.807) is 0 Å². The second-order valence-electron chi connectivity index (χ2n) is 6.62. The molecule has 1 aromatic carbocycles. The molecule has 0 radical (unpaired) electrons. The quantitative estimate of drug-likeness (QED) is 0.833. The SMILES string of the molecule is CC(C)C1CCC(N)C(CCCc2ccccc2)C1. The molecule has 19 heavy (non-hydrogen) atoms. The predicted molar refractivity (Wildman–Crippen MR) is 83.0 cm³/mol. The summed E-state index contributed by atoms with van der Waals surface area (Å²) in [6, 6.07) is 11.3. The van der Waals surface area contributed by atoms with E-state index in [1.165, 1.54) is 44.1 Å². The van der Waals surface area contributed by atoms with E-state index in [4.69, 9.17) is 5.73 Å². The first-order valence-corrected chi connectivity index (χ1v) is 7.96. The molecule has 2 N–H and O–H groups in total. The molecule has 0 spiro atoms. The number of hydrogen-bond acceptors (Lipinski definition) is 1. The van der Waals surface area contributed by atoms with Crippen molar-refractivity contribution >= 4 is 0 Å². The highest BCUT2D eigenvalue weighted by Crippen LogP contribution is 2.35. The normalized spacial score (nSPS) is 27.7. The molecule has 1 heteroatoms. The minimum absolute atomic E-state index is 0.450. The van der Waals surface area contributed by atoms with Crippen LogP contribution in [0.5, 0.6) is 0 Å². The third-order valence-electron chi connectivity index (χ3n) is 4.91. The molecule has 3 unspecified atom stereocenters. The third-order valence-corrected chi connectivity index (χ3v) is 4.91. The fraction of sp³-hybridized carbons (Fsp3) is 0.667. The molecule has 1 fully saturated rings. The van der Waals surface area contributed by atoms with Crippen molar-refractivity contribution in [2.24, 2.45) is 23.5 Å². The van der Waals surface area contributed by atoms with Gasteiger partial charge in [0.25, 0.3) is 0 Å². The van der Waals surface area contributed by atoms with Crippen LogP contribution in [-0.2, 0) is 6.42 Å². The van der Waals surface area contributed by atoms with Crippen molar-refractivity contribution < 1.29 is 0 Å². The molecular formula is C18H29N. The molecule has 0 saturated heterocycles. The fourth-order valence-electron chi connectivity index (χ4n) is 3.47. The van der Waals surface area contributed by atoms with Crippen molar-refractivity contribution in [3.8, 4) is 0 Å². The summed E-state index contributed by atoms with van der Waals surface area (Å²) < 4.78 is 0. The molecule has 0 heterocycles. The molecule has 1 saturated carbocycles. The van der Waals surface area contributed by atoms with Gasteiger partial charge in [-0.2, -0.15) is 0 Å². The minimum Gasteiger partial charge on any atom is -0.327 e.